The summed E-state index contributed by atoms with van der Waals surface area (Å²) in [5, 5.41) is 8.97. The number of halogens is 1. The molecule has 1 aromatic carbocycles. The zero-order valence-electron chi connectivity index (χ0n) is 12.7. The van der Waals surface area contributed by atoms with Crippen LogP contribution >= 0.6 is 23.4 Å². The lowest BCUT2D eigenvalue weighted by molar-refractivity contribution is -0.127. The van der Waals surface area contributed by atoms with Crippen LogP contribution in [-0.2, 0) is 4.79 Å². The molecule has 5 nitrogen and oxygen atoms in total. The van der Waals surface area contributed by atoms with Crippen molar-refractivity contribution in [3.8, 4) is 11.5 Å². The number of amides is 1. The molecule has 0 aliphatic rings. The number of carbonyl (C=O) groups is 1. The molecule has 1 aromatic heterocycles. The van der Waals surface area contributed by atoms with Gasteiger partial charge in [0, 0.05) is 24.2 Å². The van der Waals surface area contributed by atoms with Crippen LogP contribution < -0.4 is 0 Å². The Labute approximate surface area is 139 Å². The first-order valence-corrected chi connectivity index (χ1v) is 8.28. The second kappa shape index (κ2) is 7.65. The molecule has 0 saturated carbocycles. The quantitative estimate of drug-likeness (QED) is 0.752. The highest BCUT2D eigenvalue weighted by atomic mass is 35.5. The van der Waals surface area contributed by atoms with E-state index in [1.54, 1.807) is 24.1 Å². The first-order valence-electron chi connectivity index (χ1n) is 6.92. The summed E-state index contributed by atoms with van der Waals surface area (Å²) in [4.78, 5) is 13.7. The SMILES string of the molecule is CC(C)CN(C)C(=O)CSc1nnc(-c2ccc(Cl)cc2)o1. The fourth-order valence-corrected chi connectivity index (χ4v) is 2.69. The van der Waals surface area contributed by atoms with E-state index in [1.807, 2.05) is 12.1 Å². The lowest BCUT2D eigenvalue weighted by Gasteiger charge is -2.18. The van der Waals surface area contributed by atoms with E-state index in [9.17, 15) is 4.79 Å². The molecule has 2 rings (SSSR count). The molecule has 7 heteroatoms. The van der Waals surface area contributed by atoms with Crippen molar-refractivity contribution in [2.45, 2.75) is 19.1 Å². The molecule has 0 spiro atoms. The van der Waals surface area contributed by atoms with Gasteiger partial charge in [0.15, 0.2) is 0 Å². The molecule has 0 bridgehead atoms. The molecule has 118 valence electrons. The number of benzene rings is 1. The van der Waals surface area contributed by atoms with Crippen LogP contribution in [0.2, 0.25) is 5.02 Å². The highest BCUT2D eigenvalue weighted by molar-refractivity contribution is 7.99. The Kier molecular flexibility index (Phi) is 5.85. The predicted octanol–water partition coefficient (Wildman–Crippen LogP) is 3.60. The number of thioether (sulfide) groups is 1. The minimum absolute atomic E-state index is 0.0462. The van der Waals surface area contributed by atoms with E-state index in [0.29, 0.717) is 22.1 Å². The second-order valence-electron chi connectivity index (χ2n) is 5.34. The summed E-state index contributed by atoms with van der Waals surface area (Å²) in [6.07, 6.45) is 0. The van der Waals surface area contributed by atoms with Gasteiger partial charge in [-0.3, -0.25) is 4.79 Å². The molecule has 1 amide bonds. The van der Waals surface area contributed by atoms with Gasteiger partial charge in [0.05, 0.1) is 5.75 Å². The second-order valence-corrected chi connectivity index (χ2v) is 6.70. The topological polar surface area (TPSA) is 59.2 Å². The maximum absolute atomic E-state index is 12.0. The third-order valence-corrected chi connectivity index (χ3v) is 3.94. The van der Waals surface area contributed by atoms with Crippen molar-refractivity contribution >= 4 is 29.3 Å². The van der Waals surface area contributed by atoms with E-state index in [0.717, 1.165) is 12.1 Å². The molecule has 0 radical (unpaired) electrons. The molecule has 22 heavy (non-hydrogen) atoms. The van der Waals surface area contributed by atoms with E-state index in [-0.39, 0.29) is 11.7 Å². The zero-order chi connectivity index (χ0) is 16.1. The van der Waals surface area contributed by atoms with Crippen molar-refractivity contribution in [1.29, 1.82) is 0 Å². The maximum Gasteiger partial charge on any atom is 0.277 e. The third kappa shape index (κ3) is 4.74. The van der Waals surface area contributed by atoms with E-state index in [1.165, 1.54) is 11.8 Å². The zero-order valence-corrected chi connectivity index (χ0v) is 14.3. The molecule has 0 aliphatic carbocycles. The minimum Gasteiger partial charge on any atom is -0.411 e. The van der Waals surface area contributed by atoms with Gasteiger partial charge in [-0.2, -0.15) is 0 Å². The average Bonchev–Trinajstić information content (AvgIpc) is 2.93. The smallest absolute Gasteiger partial charge is 0.277 e. The summed E-state index contributed by atoms with van der Waals surface area (Å²) >= 11 is 7.09. The van der Waals surface area contributed by atoms with Gasteiger partial charge in [0.25, 0.3) is 5.22 Å². The Bertz CT molecular complexity index is 628. The minimum atomic E-state index is 0.0462. The van der Waals surface area contributed by atoms with Gasteiger partial charge in [0.1, 0.15) is 0 Å². The molecular formula is C15H18ClN3O2S. The summed E-state index contributed by atoms with van der Waals surface area (Å²) in [5.41, 5.74) is 0.798. The number of hydrogen-bond donors (Lipinski definition) is 0. The standard InChI is InChI=1S/C15H18ClN3O2S/c1-10(2)8-19(3)13(20)9-22-15-18-17-14(21-15)11-4-6-12(16)7-5-11/h4-7,10H,8-9H2,1-3H3. The number of aromatic nitrogens is 2. The van der Waals surface area contributed by atoms with Crippen molar-refractivity contribution in [2.75, 3.05) is 19.3 Å². The van der Waals surface area contributed by atoms with E-state index >= 15 is 0 Å². The Hall–Kier alpha value is -1.53. The summed E-state index contributed by atoms with van der Waals surface area (Å²) in [5.74, 6) is 1.19. The van der Waals surface area contributed by atoms with Crippen LogP contribution in [-0.4, -0.2) is 40.3 Å². The van der Waals surface area contributed by atoms with Gasteiger partial charge < -0.3 is 9.32 Å². The van der Waals surface area contributed by atoms with Gasteiger partial charge >= 0.3 is 0 Å². The first-order chi connectivity index (χ1) is 10.5. The summed E-state index contributed by atoms with van der Waals surface area (Å²) in [6, 6.07) is 7.15. The van der Waals surface area contributed by atoms with Gasteiger partial charge in [0.2, 0.25) is 11.8 Å². The molecule has 0 N–H and O–H groups in total. The van der Waals surface area contributed by atoms with Crippen LogP contribution in [0.25, 0.3) is 11.5 Å². The maximum atomic E-state index is 12.0. The van der Waals surface area contributed by atoms with Gasteiger partial charge in [-0.05, 0) is 30.2 Å². The van der Waals surface area contributed by atoms with Crippen molar-refractivity contribution < 1.29 is 9.21 Å². The molecule has 0 atom stereocenters. The molecular weight excluding hydrogens is 322 g/mol. The van der Waals surface area contributed by atoms with Crippen LogP contribution in [0.4, 0.5) is 0 Å². The lowest BCUT2D eigenvalue weighted by atomic mass is 10.2. The first kappa shape index (κ1) is 16.8. The van der Waals surface area contributed by atoms with Crippen LogP contribution in [0.3, 0.4) is 0 Å². The monoisotopic (exact) mass is 339 g/mol. The van der Waals surface area contributed by atoms with Crippen molar-refractivity contribution in [3.63, 3.8) is 0 Å². The lowest BCUT2D eigenvalue weighted by Crippen LogP contribution is -2.31. The van der Waals surface area contributed by atoms with Gasteiger partial charge in [-0.25, -0.2) is 0 Å². The molecule has 0 unspecified atom stereocenters. The van der Waals surface area contributed by atoms with E-state index in [2.05, 4.69) is 24.0 Å². The number of nitrogens with zero attached hydrogens (tertiary/aromatic N) is 3. The fraction of sp³-hybridized carbons (Fsp3) is 0.400. The summed E-state index contributed by atoms with van der Waals surface area (Å²) in [6.45, 7) is 4.89. The van der Waals surface area contributed by atoms with Crippen LogP contribution in [0, 0.1) is 5.92 Å². The number of hydrogen-bond acceptors (Lipinski definition) is 5. The molecule has 0 saturated heterocycles. The van der Waals surface area contributed by atoms with E-state index in [4.69, 9.17) is 16.0 Å². The van der Waals surface area contributed by atoms with Gasteiger partial charge in [-0.15, -0.1) is 10.2 Å². The Morgan fingerprint density at radius 3 is 2.64 bits per heavy atom. The van der Waals surface area contributed by atoms with E-state index < -0.39 is 0 Å². The molecule has 2 aromatic rings. The van der Waals surface area contributed by atoms with Crippen LogP contribution in [0.15, 0.2) is 33.9 Å². The Balaban J connectivity index is 1.92. The third-order valence-electron chi connectivity index (χ3n) is 2.88. The van der Waals surface area contributed by atoms with Gasteiger partial charge in [-0.1, -0.05) is 37.2 Å². The average molecular weight is 340 g/mol. The number of carbonyl (C=O) groups excluding carboxylic acids is 1. The van der Waals surface area contributed by atoms with Crippen molar-refractivity contribution in [1.82, 2.24) is 15.1 Å². The highest BCUT2D eigenvalue weighted by Crippen LogP contribution is 2.24. The molecule has 1 heterocycles. The Morgan fingerprint density at radius 1 is 1.32 bits per heavy atom. The molecule has 0 aliphatic heterocycles. The van der Waals surface area contributed by atoms with Crippen molar-refractivity contribution in [2.24, 2.45) is 5.92 Å². The highest BCUT2D eigenvalue weighted by Gasteiger charge is 2.14. The summed E-state index contributed by atoms with van der Waals surface area (Å²) < 4.78 is 5.55. The normalized spacial score (nSPS) is 11.0. The largest absolute Gasteiger partial charge is 0.411 e. The Morgan fingerprint density at radius 2 is 2.00 bits per heavy atom. The predicted molar refractivity (Wildman–Crippen MR) is 87.9 cm³/mol. The van der Waals surface area contributed by atoms with Crippen LogP contribution in [0.1, 0.15) is 13.8 Å². The fourth-order valence-electron chi connectivity index (χ4n) is 1.86. The van der Waals surface area contributed by atoms with Crippen LogP contribution in [0.5, 0.6) is 0 Å². The summed E-state index contributed by atoms with van der Waals surface area (Å²) in [7, 11) is 1.80. The molecule has 0 fully saturated rings. The van der Waals surface area contributed by atoms with Crippen molar-refractivity contribution in [3.05, 3.63) is 29.3 Å². The number of rotatable bonds is 6.